The summed E-state index contributed by atoms with van der Waals surface area (Å²) in [5, 5.41) is 18.3. The molecule has 0 aromatic carbocycles. The molecule has 0 spiro atoms. The van der Waals surface area contributed by atoms with Crippen LogP contribution in [0.15, 0.2) is 24.3 Å². The van der Waals surface area contributed by atoms with Gasteiger partial charge in [-0.3, -0.25) is 14.2 Å². The molecule has 3 atom stereocenters. The quantitative estimate of drug-likeness (QED) is 0.0211. The summed E-state index contributed by atoms with van der Waals surface area (Å²) in [4.78, 5) is 37.1. The molecule has 0 saturated carbocycles. The van der Waals surface area contributed by atoms with Crippen LogP contribution in [0, 0.1) is 0 Å². The summed E-state index contributed by atoms with van der Waals surface area (Å²) < 4.78 is 32.3. The minimum absolute atomic E-state index is 0. The number of aliphatic hydroxyl groups excluding tert-OH is 2. The monoisotopic (exact) mass is 797 g/mol. The van der Waals surface area contributed by atoms with Gasteiger partial charge in [-0.25, -0.2) is 0 Å². The third-order valence-corrected chi connectivity index (χ3v) is 10.00. The van der Waals surface area contributed by atoms with E-state index >= 15 is 0 Å². The second-order valence-electron chi connectivity index (χ2n) is 14.3. The molecule has 2 unspecified atom stereocenters. The summed E-state index contributed by atoms with van der Waals surface area (Å²) in [6.45, 7) is 2.17. The Labute approximate surface area is 351 Å². The average Bonchev–Trinajstić information content (AvgIpc) is 3.14. The van der Waals surface area contributed by atoms with Gasteiger partial charge in [0.1, 0.15) is 12.7 Å². The van der Waals surface area contributed by atoms with E-state index in [0.29, 0.717) is 12.8 Å². The summed E-state index contributed by atoms with van der Waals surface area (Å²) in [6.07, 6.45) is 36.9. The topological polar surface area (TPSA) is 152 Å². The molecule has 0 rings (SSSR count). The number of phosphoric acid groups is 1. The SMILES string of the molecule is CCCCCCCC/C=C\CCCCCCCC(=O)OC[C@H](COP(=O)([O-])OCC(O)CO)OC(=O)CCCCCCC/C=C\CCCCCCCC.[Na+]. The van der Waals surface area contributed by atoms with Gasteiger partial charge in [-0.15, -0.1) is 0 Å². The maximum absolute atomic E-state index is 12.6. The fourth-order valence-electron chi connectivity index (χ4n) is 5.74. The van der Waals surface area contributed by atoms with Crippen LogP contribution in [0.2, 0.25) is 0 Å². The van der Waals surface area contributed by atoms with Gasteiger partial charge in [0.2, 0.25) is 0 Å². The van der Waals surface area contributed by atoms with Crippen molar-refractivity contribution in [1.29, 1.82) is 0 Å². The van der Waals surface area contributed by atoms with Gasteiger partial charge in [-0.05, 0) is 64.2 Å². The normalized spacial score (nSPS) is 13.9. The van der Waals surface area contributed by atoms with Crippen molar-refractivity contribution in [3.8, 4) is 0 Å². The number of carbonyl (C=O) groups excluding carboxylic acids is 2. The first-order chi connectivity index (χ1) is 25.7. The molecule has 0 saturated heterocycles. The zero-order chi connectivity index (χ0) is 39.1. The van der Waals surface area contributed by atoms with Crippen molar-refractivity contribution in [1.82, 2.24) is 0 Å². The van der Waals surface area contributed by atoms with Crippen molar-refractivity contribution < 1.29 is 77.3 Å². The smallest absolute Gasteiger partial charge is 0.756 e. The van der Waals surface area contributed by atoms with E-state index in [9.17, 15) is 24.2 Å². The number of hydrogen-bond acceptors (Lipinski definition) is 10. The standard InChI is InChI=1S/C42H79O10P.Na/c1-3-5-7-9-11-13-15-17-19-21-23-25-27-29-31-33-41(45)49-37-40(38-51-53(47,48)50-36-39(44)35-43)52-42(46)34-32-30-28-26-24-22-20-18-16-14-12-10-8-6-4-2;/h17-20,39-40,43-44H,3-16,21-38H2,1-2H3,(H,47,48);/q;+1/p-1/b19-17-,20-18-;/t39?,40-;/m1./s1. The molecule has 54 heavy (non-hydrogen) atoms. The largest absolute Gasteiger partial charge is 1.00 e. The van der Waals surface area contributed by atoms with E-state index in [2.05, 4.69) is 42.7 Å². The Balaban J connectivity index is 0. The van der Waals surface area contributed by atoms with Gasteiger partial charge in [0.25, 0.3) is 7.82 Å². The first-order valence-corrected chi connectivity index (χ1v) is 22.7. The van der Waals surface area contributed by atoms with Crippen LogP contribution in [0.25, 0.3) is 0 Å². The Hall–Kier alpha value is -0.550. The molecule has 0 aliphatic rings. The van der Waals surface area contributed by atoms with E-state index in [0.717, 1.165) is 77.0 Å². The van der Waals surface area contributed by atoms with Gasteiger partial charge in [-0.2, -0.15) is 0 Å². The summed E-state index contributed by atoms with van der Waals surface area (Å²) in [7, 11) is -4.87. The first-order valence-electron chi connectivity index (χ1n) is 21.3. The molecule has 312 valence electrons. The molecular weight excluding hydrogens is 718 g/mol. The van der Waals surface area contributed by atoms with Crippen molar-refractivity contribution in [2.24, 2.45) is 0 Å². The predicted molar refractivity (Wildman–Crippen MR) is 212 cm³/mol. The number of aliphatic hydroxyl groups is 2. The minimum atomic E-state index is -4.87. The Bertz CT molecular complexity index is 948. The third kappa shape index (κ3) is 41.1. The minimum Gasteiger partial charge on any atom is -0.756 e. The zero-order valence-corrected chi connectivity index (χ0v) is 37.6. The molecule has 0 radical (unpaired) electrons. The molecule has 10 nitrogen and oxygen atoms in total. The maximum atomic E-state index is 12.6. The predicted octanol–water partition coefficient (Wildman–Crippen LogP) is 7.38. The van der Waals surface area contributed by atoms with E-state index < -0.39 is 51.8 Å². The van der Waals surface area contributed by atoms with E-state index in [1.165, 1.54) is 77.0 Å². The Morgan fingerprint density at radius 3 is 1.37 bits per heavy atom. The third-order valence-electron chi connectivity index (χ3n) is 9.07. The van der Waals surface area contributed by atoms with Crippen LogP contribution in [0.4, 0.5) is 0 Å². The molecule has 0 heterocycles. The number of allylic oxidation sites excluding steroid dienone is 4. The molecule has 0 aliphatic heterocycles. The Morgan fingerprint density at radius 2 is 0.944 bits per heavy atom. The second kappa shape index (κ2) is 42.1. The van der Waals surface area contributed by atoms with Crippen molar-refractivity contribution >= 4 is 19.8 Å². The number of hydrogen-bond donors (Lipinski definition) is 2. The van der Waals surface area contributed by atoms with Crippen molar-refractivity contribution in [3.63, 3.8) is 0 Å². The van der Waals surface area contributed by atoms with Crippen LogP contribution >= 0.6 is 7.82 Å². The Kier molecular flexibility index (Phi) is 43.3. The number of unbranched alkanes of at least 4 members (excludes halogenated alkanes) is 22. The van der Waals surface area contributed by atoms with Crippen molar-refractivity contribution in [2.45, 2.75) is 206 Å². The average molecular weight is 797 g/mol. The van der Waals surface area contributed by atoms with Crippen LogP contribution < -0.4 is 34.5 Å². The number of carbonyl (C=O) groups is 2. The van der Waals surface area contributed by atoms with E-state index in [4.69, 9.17) is 19.1 Å². The van der Waals surface area contributed by atoms with Gasteiger partial charge in [0.15, 0.2) is 6.10 Å². The van der Waals surface area contributed by atoms with E-state index in [-0.39, 0.29) is 49.0 Å². The molecule has 0 bridgehead atoms. The van der Waals surface area contributed by atoms with Gasteiger partial charge in [-0.1, -0.05) is 141 Å². The van der Waals surface area contributed by atoms with Crippen LogP contribution in [0.5, 0.6) is 0 Å². The molecule has 12 heteroatoms. The molecule has 0 aliphatic carbocycles. The summed E-state index contributed by atoms with van der Waals surface area (Å²) in [5.74, 6) is -0.976. The fourth-order valence-corrected chi connectivity index (χ4v) is 6.52. The first kappa shape index (κ1) is 55.5. The molecule has 0 fully saturated rings. The zero-order valence-electron chi connectivity index (χ0n) is 34.7. The van der Waals surface area contributed by atoms with Crippen molar-refractivity contribution in [2.75, 3.05) is 26.4 Å². The van der Waals surface area contributed by atoms with Crippen LogP contribution in [0.1, 0.15) is 194 Å². The molecule has 0 aromatic rings. The molecular formula is C42H78NaO10P. The summed E-state index contributed by atoms with van der Waals surface area (Å²) >= 11 is 0. The van der Waals surface area contributed by atoms with Gasteiger partial charge >= 0.3 is 41.5 Å². The summed E-state index contributed by atoms with van der Waals surface area (Å²) in [5.41, 5.74) is 0. The fraction of sp³-hybridized carbons (Fsp3) is 0.857. The molecule has 0 amide bonds. The number of esters is 2. The van der Waals surface area contributed by atoms with Gasteiger partial charge in [0.05, 0.1) is 19.8 Å². The van der Waals surface area contributed by atoms with Crippen LogP contribution in [-0.4, -0.2) is 60.8 Å². The maximum Gasteiger partial charge on any atom is 1.00 e. The van der Waals surface area contributed by atoms with E-state index in [1.807, 2.05) is 0 Å². The van der Waals surface area contributed by atoms with Gasteiger partial charge in [0, 0.05) is 12.8 Å². The molecule has 2 N–H and O–H groups in total. The number of ether oxygens (including phenoxy) is 2. The van der Waals surface area contributed by atoms with Gasteiger partial charge < -0.3 is 33.6 Å². The Morgan fingerprint density at radius 1 is 0.574 bits per heavy atom. The van der Waals surface area contributed by atoms with E-state index in [1.54, 1.807) is 0 Å². The number of rotatable bonds is 40. The summed E-state index contributed by atoms with van der Waals surface area (Å²) in [6, 6.07) is 0. The second-order valence-corrected chi connectivity index (χ2v) is 15.7. The molecule has 0 aromatic heterocycles. The number of phosphoric ester groups is 1. The van der Waals surface area contributed by atoms with Crippen LogP contribution in [-0.2, 0) is 32.7 Å². The van der Waals surface area contributed by atoms with Crippen LogP contribution in [0.3, 0.4) is 0 Å². The van der Waals surface area contributed by atoms with Crippen molar-refractivity contribution in [3.05, 3.63) is 24.3 Å².